The topological polar surface area (TPSA) is 159 Å². The van der Waals surface area contributed by atoms with Gasteiger partial charge in [-0.3, -0.25) is 34.3 Å². The smallest absolute Gasteiger partial charge is 0.269 e. The fourth-order valence-corrected chi connectivity index (χ4v) is 7.87. The standard InChI is InChI=1S/C43H40N8O5/c1-4-38-47-40(37-24-49(26(3)52)19-20-50(37)38)30-12-8-11-28-21-35(45-22-32(28)30)29-14-15-34(46-25(29)2)41(54)44-18-6-5-9-27-10-7-13-31-33(27)23-51(43(31)56)36-16-17-39(53)48-42(36)55/h7-8,10-15,21-22,36H,4,6,16-20,23-24H2,1-3H3,(H,44,54)(H,48,53,55). The van der Waals surface area contributed by atoms with Crippen LogP contribution >= 0.6 is 0 Å². The number of nitrogens with one attached hydrogen (secondary N) is 2. The molecule has 0 spiro atoms. The third-order valence-corrected chi connectivity index (χ3v) is 10.8. The second kappa shape index (κ2) is 14.9. The molecule has 0 aliphatic carbocycles. The number of amides is 5. The normalized spacial score (nSPS) is 16.3. The number of imide groups is 1. The first-order chi connectivity index (χ1) is 27.1. The summed E-state index contributed by atoms with van der Waals surface area (Å²) in [5.41, 5.74) is 7.34. The number of pyridine rings is 2. The van der Waals surface area contributed by atoms with Crippen LogP contribution in [0.5, 0.6) is 0 Å². The van der Waals surface area contributed by atoms with Gasteiger partial charge >= 0.3 is 0 Å². The summed E-state index contributed by atoms with van der Waals surface area (Å²) in [4.78, 5) is 80.3. The molecule has 56 heavy (non-hydrogen) atoms. The molecule has 13 heteroatoms. The van der Waals surface area contributed by atoms with Gasteiger partial charge in [-0.2, -0.15) is 0 Å². The number of fused-ring (bicyclic) bond motifs is 3. The van der Waals surface area contributed by atoms with Gasteiger partial charge < -0.3 is 19.7 Å². The van der Waals surface area contributed by atoms with Gasteiger partial charge in [0, 0.05) is 91.9 Å². The fraction of sp³-hybridized carbons (Fsp3) is 0.302. The average Bonchev–Trinajstić information content (AvgIpc) is 3.74. The summed E-state index contributed by atoms with van der Waals surface area (Å²) >= 11 is 0. The van der Waals surface area contributed by atoms with E-state index < -0.39 is 11.9 Å². The zero-order valence-electron chi connectivity index (χ0n) is 31.4. The first kappa shape index (κ1) is 36.3. The van der Waals surface area contributed by atoms with E-state index in [1.807, 2.05) is 48.4 Å². The third kappa shape index (κ3) is 6.68. The van der Waals surface area contributed by atoms with Crippen LogP contribution in [0.1, 0.15) is 82.3 Å². The molecule has 3 aromatic heterocycles. The van der Waals surface area contributed by atoms with Crippen LogP contribution in [0.2, 0.25) is 0 Å². The predicted octanol–water partition coefficient (Wildman–Crippen LogP) is 4.33. The van der Waals surface area contributed by atoms with Gasteiger partial charge in [0.2, 0.25) is 17.7 Å². The maximum atomic E-state index is 13.1. The number of nitrogens with zero attached hydrogens (tertiary/aromatic N) is 6. The van der Waals surface area contributed by atoms with E-state index in [2.05, 4.69) is 45.0 Å². The Labute approximate surface area is 323 Å². The SMILES string of the molecule is CCc1nc(-c2cccc3cc(-c4ccc(C(=O)NCCC#Cc5cccc6c5CN(C5CCC(=O)NC5=O)C6=O)nc4C)ncc23)c2n1CCN(C(C)=O)C2. The average molecular weight is 749 g/mol. The number of aromatic nitrogens is 4. The molecule has 13 nitrogen and oxygen atoms in total. The molecule has 6 heterocycles. The number of carbonyl (C=O) groups excluding carboxylic acids is 5. The monoisotopic (exact) mass is 748 g/mol. The van der Waals surface area contributed by atoms with Gasteiger partial charge in [-0.05, 0) is 54.6 Å². The van der Waals surface area contributed by atoms with Crippen LogP contribution in [0.15, 0.2) is 60.8 Å². The largest absolute Gasteiger partial charge is 0.350 e. The maximum absolute atomic E-state index is 13.1. The number of piperidine rings is 1. The van der Waals surface area contributed by atoms with Gasteiger partial charge in [-0.15, -0.1) is 0 Å². The molecule has 1 unspecified atom stereocenters. The van der Waals surface area contributed by atoms with Crippen molar-refractivity contribution in [3.63, 3.8) is 0 Å². The molecule has 3 aliphatic heterocycles. The summed E-state index contributed by atoms with van der Waals surface area (Å²) < 4.78 is 2.25. The molecule has 2 N–H and O–H groups in total. The number of hydrogen-bond donors (Lipinski definition) is 2. The third-order valence-electron chi connectivity index (χ3n) is 10.8. The van der Waals surface area contributed by atoms with E-state index in [1.54, 1.807) is 25.1 Å². The van der Waals surface area contributed by atoms with Gasteiger partial charge in [0.25, 0.3) is 11.8 Å². The van der Waals surface area contributed by atoms with E-state index in [0.29, 0.717) is 49.3 Å². The molecule has 1 saturated heterocycles. The molecule has 0 saturated carbocycles. The highest BCUT2D eigenvalue weighted by atomic mass is 16.2. The van der Waals surface area contributed by atoms with Gasteiger partial charge in [-0.25, -0.2) is 9.97 Å². The van der Waals surface area contributed by atoms with Crippen molar-refractivity contribution >= 4 is 40.3 Å². The van der Waals surface area contributed by atoms with E-state index in [-0.39, 0.29) is 42.3 Å². The lowest BCUT2D eigenvalue weighted by Gasteiger charge is -2.29. The second-order valence-corrected chi connectivity index (χ2v) is 14.2. The van der Waals surface area contributed by atoms with E-state index in [1.165, 1.54) is 4.90 Å². The lowest BCUT2D eigenvalue weighted by molar-refractivity contribution is -0.137. The van der Waals surface area contributed by atoms with Gasteiger partial charge in [0.1, 0.15) is 17.6 Å². The summed E-state index contributed by atoms with van der Waals surface area (Å²) in [7, 11) is 0. The number of aryl methyl sites for hydroxylation is 2. The molecule has 3 aliphatic rings. The van der Waals surface area contributed by atoms with Crippen LogP contribution in [0, 0.1) is 18.8 Å². The minimum atomic E-state index is -0.692. The highest BCUT2D eigenvalue weighted by Gasteiger charge is 2.39. The van der Waals surface area contributed by atoms with E-state index in [0.717, 1.165) is 63.3 Å². The van der Waals surface area contributed by atoms with Crippen molar-refractivity contribution in [2.75, 3.05) is 13.1 Å². The molecular formula is C43H40N8O5. The lowest BCUT2D eigenvalue weighted by Crippen LogP contribution is -2.52. The van der Waals surface area contributed by atoms with Crippen LogP contribution in [-0.2, 0) is 40.4 Å². The Balaban J connectivity index is 0.928. The van der Waals surface area contributed by atoms with Gasteiger partial charge in [-0.1, -0.05) is 43.0 Å². The molecule has 282 valence electrons. The zero-order chi connectivity index (χ0) is 39.1. The Bertz CT molecular complexity index is 2550. The second-order valence-electron chi connectivity index (χ2n) is 14.2. The first-order valence-corrected chi connectivity index (χ1v) is 18.9. The highest BCUT2D eigenvalue weighted by Crippen LogP contribution is 2.35. The van der Waals surface area contributed by atoms with E-state index in [4.69, 9.17) is 9.97 Å². The number of carbonyl (C=O) groups is 5. The molecule has 5 aromatic rings. The van der Waals surface area contributed by atoms with Crippen LogP contribution in [0.4, 0.5) is 0 Å². The molecule has 1 fully saturated rings. The summed E-state index contributed by atoms with van der Waals surface area (Å²) in [6.45, 7) is 8.02. The molecule has 8 rings (SSSR count). The predicted molar refractivity (Wildman–Crippen MR) is 208 cm³/mol. The summed E-state index contributed by atoms with van der Waals surface area (Å²) in [6, 6.07) is 16.3. The number of benzene rings is 2. The molecule has 5 amide bonds. The maximum Gasteiger partial charge on any atom is 0.269 e. The summed E-state index contributed by atoms with van der Waals surface area (Å²) in [6.07, 6.45) is 3.51. The minimum Gasteiger partial charge on any atom is -0.350 e. The summed E-state index contributed by atoms with van der Waals surface area (Å²) in [5.74, 6) is 5.93. The number of hydrogen-bond acceptors (Lipinski definition) is 8. The van der Waals surface area contributed by atoms with Crippen LogP contribution in [0.3, 0.4) is 0 Å². The van der Waals surface area contributed by atoms with Crippen molar-refractivity contribution in [1.29, 1.82) is 0 Å². The molecule has 0 bridgehead atoms. The molecule has 0 radical (unpaired) electrons. The van der Waals surface area contributed by atoms with Crippen LogP contribution in [0.25, 0.3) is 33.3 Å². The van der Waals surface area contributed by atoms with Gasteiger partial charge in [0.05, 0.1) is 23.6 Å². The Hall–Kier alpha value is -6.68. The Morgan fingerprint density at radius 2 is 1.80 bits per heavy atom. The van der Waals surface area contributed by atoms with Crippen molar-refractivity contribution in [3.8, 4) is 34.4 Å². The zero-order valence-corrected chi connectivity index (χ0v) is 31.4. The summed E-state index contributed by atoms with van der Waals surface area (Å²) in [5, 5.41) is 7.17. The Morgan fingerprint density at radius 3 is 2.59 bits per heavy atom. The molecule has 1 atom stereocenters. The van der Waals surface area contributed by atoms with Crippen LogP contribution in [-0.4, -0.2) is 78.0 Å². The molecular weight excluding hydrogens is 709 g/mol. The Morgan fingerprint density at radius 1 is 0.982 bits per heavy atom. The van der Waals surface area contributed by atoms with Crippen molar-refractivity contribution in [2.45, 2.75) is 72.1 Å². The van der Waals surface area contributed by atoms with Crippen molar-refractivity contribution in [2.24, 2.45) is 0 Å². The lowest BCUT2D eigenvalue weighted by atomic mass is 10.00. The minimum absolute atomic E-state index is 0.0540. The van der Waals surface area contributed by atoms with Crippen molar-refractivity contribution in [1.82, 2.24) is 40.0 Å². The first-order valence-electron chi connectivity index (χ1n) is 18.9. The molecule has 2 aromatic carbocycles. The van der Waals surface area contributed by atoms with Gasteiger partial charge in [0.15, 0.2) is 0 Å². The van der Waals surface area contributed by atoms with Crippen molar-refractivity contribution in [3.05, 3.63) is 100 Å². The highest BCUT2D eigenvalue weighted by molar-refractivity contribution is 6.05. The fourth-order valence-electron chi connectivity index (χ4n) is 7.87. The number of imidazole rings is 1. The quantitative estimate of drug-likeness (QED) is 0.142. The van der Waals surface area contributed by atoms with Crippen molar-refractivity contribution < 1.29 is 24.0 Å². The van der Waals surface area contributed by atoms with E-state index >= 15 is 0 Å². The van der Waals surface area contributed by atoms with E-state index in [9.17, 15) is 24.0 Å². The van der Waals surface area contributed by atoms with Crippen LogP contribution < -0.4 is 10.6 Å². The Kier molecular flexibility index (Phi) is 9.64. The number of rotatable bonds is 7.